The monoisotopic (exact) mass is 533 g/mol. The average molecular weight is 534 g/mol. The summed E-state index contributed by atoms with van der Waals surface area (Å²) in [6, 6.07) is 13.7. The van der Waals surface area contributed by atoms with E-state index in [0.717, 1.165) is 20.7 Å². The summed E-state index contributed by atoms with van der Waals surface area (Å²) in [7, 11) is 1.72. The van der Waals surface area contributed by atoms with E-state index in [2.05, 4.69) is 30.9 Å². The molecule has 1 amide bonds. The van der Waals surface area contributed by atoms with Gasteiger partial charge in [-0.05, 0) is 24.3 Å². The van der Waals surface area contributed by atoms with Gasteiger partial charge in [-0.25, -0.2) is 14.7 Å². The van der Waals surface area contributed by atoms with Gasteiger partial charge in [-0.15, -0.1) is 16.4 Å². The third-order valence-corrected chi connectivity index (χ3v) is 6.24. The number of para-hydroxylation sites is 1. The van der Waals surface area contributed by atoms with Gasteiger partial charge in [-0.1, -0.05) is 23.4 Å². The zero-order chi connectivity index (χ0) is 26.7. The number of aromatic nitrogens is 4. The molecule has 1 aliphatic rings. The summed E-state index contributed by atoms with van der Waals surface area (Å²) in [6.07, 6.45) is 7.31. The third-order valence-electron chi connectivity index (χ3n) is 5.15. The van der Waals surface area contributed by atoms with Crippen molar-refractivity contribution in [1.82, 2.24) is 35.5 Å². The van der Waals surface area contributed by atoms with Crippen molar-refractivity contribution >= 4 is 45.8 Å². The molecule has 196 valence electrons. The highest BCUT2D eigenvalue weighted by molar-refractivity contribution is 7.19. The first-order valence-corrected chi connectivity index (χ1v) is 12.5. The molecular weight excluding hydrogens is 506 g/mol. The van der Waals surface area contributed by atoms with Crippen molar-refractivity contribution in [1.29, 1.82) is 0 Å². The number of thiophene rings is 1. The smallest absolute Gasteiger partial charge is 0.242 e. The fraction of sp³-hybridized carbons (Fsp3) is 0.200. The van der Waals surface area contributed by atoms with Crippen LogP contribution in [0.5, 0.6) is 0 Å². The van der Waals surface area contributed by atoms with Crippen molar-refractivity contribution in [3.8, 4) is 5.69 Å². The zero-order valence-electron chi connectivity index (χ0n) is 20.7. The molecule has 12 nitrogen and oxygen atoms in total. The molecule has 4 aromatic rings. The summed E-state index contributed by atoms with van der Waals surface area (Å²) in [5.41, 5.74) is 7.02. The Kier molecular flexibility index (Phi) is 8.97. The lowest BCUT2D eigenvalue weighted by molar-refractivity contribution is -0.121. The van der Waals surface area contributed by atoms with Crippen LogP contribution >= 0.6 is 11.3 Å². The Bertz CT molecular complexity index is 1420. The first kappa shape index (κ1) is 26.3. The SMILES string of the molecule is CN(/C=N\C1=C(C=O)NCCO1)CC(=O)NCc1cc2cnc(N)cc2s1.c1ccc(-n2ccnn2)cc1. The van der Waals surface area contributed by atoms with Crippen LogP contribution in [-0.2, 0) is 20.9 Å². The Morgan fingerprint density at radius 2 is 2.18 bits per heavy atom. The van der Waals surface area contributed by atoms with Crippen molar-refractivity contribution in [2.75, 3.05) is 32.5 Å². The number of allylic oxidation sites excluding steroid dienone is 1. The van der Waals surface area contributed by atoms with E-state index in [1.165, 1.54) is 6.34 Å². The minimum absolute atomic E-state index is 0.125. The topological polar surface area (TPSA) is 153 Å². The summed E-state index contributed by atoms with van der Waals surface area (Å²) in [5.74, 6) is 0.554. The van der Waals surface area contributed by atoms with E-state index < -0.39 is 0 Å². The average Bonchev–Trinajstić information content (AvgIpc) is 3.62. The normalized spacial score (nSPS) is 12.9. The van der Waals surface area contributed by atoms with Gasteiger partial charge in [0.2, 0.25) is 11.8 Å². The molecule has 0 aliphatic carbocycles. The lowest BCUT2D eigenvalue weighted by Crippen LogP contribution is -2.34. The van der Waals surface area contributed by atoms with Crippen molar-refractivity contribution in [3.63, 3.8) is 0 Å². The molecule has 4 heterocycles. The maximum atomic E-state index is 12.1. The van der Waals surface area contributed by atoms with Crippen molar-refractivity contribution < 1.29 is 14.3 Å². The maximum Gasteiger partial charge on any atom is 0.242 e. The van der Waals surface area contributed by atoms with Gasteiger partial charge < -0.3 is 26.0 Å². The van der Waals surface area contributed by atoms with Crippen molar-refractivity contribution in [3.05, 3.63) is 77.5 Å². The van der Waals surface area contributed by atoms with Crippen molar-refractivity contribution in [2.45, 2.75) is 6.54 Å². The summed E-state index contributed by atoms with van der Waals surface area (Å²) in [5, 5.41) is 14.3. The van der Waals surface area contributed by atoms with Gasteiger partial charge in [0.25, 0.3) is 0 Å². The van der Waals surface area contributed by atoms with E-state index in [9.17, 15) is 9.59 Å². The van der Waals surface area contributed by atoms with Gasteiger partial charge in [0.1, 0.15) is 18.1 Å². The van der Waals surface area contributed by atoms with Crippen molar-refractivity contribution in [2.24, 2.45) is 4.99 Å². The summed E-state index contributed by atoms with van der Waals surface area (Å²) in [6.45, 7) is 1.55. The molecule has 0 bridgehead atoms. The van der Waals surface area contributed by atoms with Gasteiger partial charge in [0.15, 0.2) is 6.29 Å². The number of pyridine rings is 1. The van der Waals surface area contributed by atoms with E-state index in [1.54, 1.807) is 40.4 Å². The molecule has 0 radical (unpaired) electrons. The number of anilines is 1. The standard InChI is InChI=1S/C17H20N6O3S.C8H7N3/c1-23(10-22-17-13(9-24)19-2-3-26-17)8-16(25)21-7-12-4-11-6-20-15(18)5-14(11)27-12;1-2-4-8(5-3-1)11-7-6-9-10-11/h4-6,9-10,19H,2-3,7-8H2,1H3,(H2,18,20)(H,21,25);1-7H/b22-10-;. The number of amides is 1. The Morgan fingerprint density at radius 1 is 1.34 bits per heavy atom. The van der Waals surface area contributed by atoms with Crippen LogP contribution < -0.4 is 16.4 Å². The van der Waals surface area contributed by atoms with Crippen LogP contribution in [0, 0.1) is 0 Å². The highest BCUT2D eigenvalue weighted by Gasteiger charge is 2.12. The van der Waals surface area contributed by atoms with E-state index in [4.69, 9.17) is 10.5 Å². The minimum Gasteiger partial charge on any atom is -0.474 e. The number of nitrogens with one attached hydrogen (secondary N) is 2. The molecule has 0 atom stereocenters. The van der Waals surface area contributed by atoms with E-state index in [1.807, 2.05) is 48.7 Å². The number of aliphatic imine (C=N–C) groups is 1. The molecule has 5 rings (SSSR count). The first-order valence-electron chi connectivity index (χ1n) is 11.6. The number of aldehydes is 1. The Hall–Kier alpha value is -4.78. The predicted octanol–water partition coefficient (Wildman–Crippen LogP) is 1.71. The highest BCUT2D eigenvalue weighted by Crippen LogP contribution is 2.26. The third kappa shape index (κ3) is 7.36. The highest BCUT2D eigenvalue weighted by atomic mass is 32.1. The van der Waals surface area contributed by atoms with Gasteiger partial charge >= 0.3 is 0 Å². The summed E-state index contributed by atoms with van der Waals surface area (Å²) < 4.78 is 8.09. The molecular formula is C25H27N9O3S. The van der Waals surface area contributed by atoms with E-state index in [-0.39, 0.29) is 18.3 Å². The van der Waals surface area contributed by atoms with Gasteiger partial charge in [0, 0.05) is 34.8 Å². The molecule has 3 aromatic heterocycles. The zero-order valence-corrected chi connectivity index (χ0v) is 21.5. The number of carbonyl (C=O) groups excluding carboxylic acids is 2. The number of rotatable bonds is 8. The Morgan fingerprint density at radius 3 is 2.95 bits per heavy atom. The number of benzene rings is 1. The Labute approximate surface area is 222 Å². The molecule has 1 aromatic carbocycles. The number of ether oxygens (including phenoxy) is 1. The number of nitrogens with zero attached hydrogens (tertiary/aromatic N) is 6. The van der Waals surface area contributed by atoms with Crippen LogP contribution in [0.2, 0.25) is 0 Å². The van der Waals surface area contributed by atoms with Crippen LogP contribution in [0.1, 0.15) is 4.88 Å². The predicted molar refractivity (Wildman–Crippen MR) is 145 cm³/mol. The first-order chi connectivity index (χ1) is 18.5. The maximum absolute atomic E-state index is 12.1. The molecule has 0 saturated heterocycles. The molecule has 1 aliphatic heterocycles. The number of fused-ring (bicyclic) bond motifs is 1. The summed E-state index contributed by atoms with van der Waals surface area (Å²) in [4.78, 5) is 33.8. The molecule has 38 heavy (non-hydrogen) atoms. The molecule has 0 saturated carbocycles. The van der Waals surface area contributed by atoms with E-state index >= 15 is 0 Å². The number of nitrogen functional groups attached to an aromatic ring is 1. The lowest BCUT2D eigenvalue weighted by Gasteiger charge is -2.17. The second kappa shape index (κ2) is 13.0. The Balaban J connectivity index is 0.000000253. The van der Waals surface area contributed by atoms with Crippen LogP contribution in [0.15, 0.2) is 77.6 Å². The molecule has 4 N–H and O–H groups in total. The second-order valence-corrected chi connectivity index (χ2v) is 9.26. The number of carbonyl (C=O) groups is 2. The van der Waals surface area contributed by atoms with Gasteiger partial charge in [-0.3, -0.25) is 9.59 Å². The quantitative estimate of drug-likeness (QED) is 0.175. The lowest BCUT2D eigenvalue weighted by atomic mass is 10.3. The second-order valence-electron chi connectivity index (χ2n) is 8.09. The van der Waals surface area contributed by atoms with Gasteiger partial charge in [0.05, 0.1) is 37.5 Å². The number of hydrogen-bond donors (Lipinski definition) is 3. The van der Waals surface area contributed by atoms with Crippen LogP contribution in [0.3, 0.4) is 0 Å². The van der Waals surface area contributed by atoms with Crippen LogP contribution in [0.4, 0.5) is 5.82 Å². The molecule has 0 fully saturated rings. The van der Waals surface area contributed by atoms with E-state index in [0.29, 0.717) is 37.5 Å². The number of nitrogens with two attached hydrogens (primary N) is 1. The van der Waals surface area contributed by atoms with Crippen LogP contribution in [0.25, 0.3) is 15.8 Å². The summed E-state index contributed by atoms with van der Waals surface area (Å²) >= 11 is 1.57. The molecule has 13 heteroatoms. The fourth-order valence-electron chi connectivity index (χ4n) is 3.36. The largest absolute Gasteiger partial charge is 0.474 e. The van der Waals surface area contributed by atoms with Gasteiger partial charge in [-0.2, -0.15) is 0 Å². The number of hydrogen-bond acceptors (Lipinski definition) is 10. The fourth-order valence-corrected chi connectivity index (χ4v) is 4.38. The number of likely N-dealkylation sites (N-methyl/N-ethyl adjacent to an activating group) is 1. The molecule has 0 unspecified atom stereocenters. The minimum atomic E-state index is -0.147. The molecule has 0 spiro atoms. The van der Waals surface area contributed by atoms with Crippen LogP contribution in [-0.4, -0.2) is 70.2 Å².